The molecule has 3 atom stereocenters. The molecule has 0 saturated heterocycles. The van der Waals surface area contributed by atoms with E-state index in [9.17, 15) is 14.4 Å². The molecule has 0 fully saturated rings. The first-order chi connectivity index (χ1) is 16.2. The van der Waals surface area contributed by atoms with Crippen LogP contribution in [0.2, 0.25) is 0 Å². The van der Waals surface area contributed by atoms with Crippen molar-refractivity contribution in [3.63, 3.8) is 0 Å². The molecule has 8 nitrogen and oxygen atoms in total. The Kier molecular flexibility index (Phi) is 8.15. The first-order valence-electron chi connectivity index (χ1n) is 11.6. The predicted octanol–water partition coefficient (Wildman–Crippen LogP) is 2.95. The molecule has 8 heteroatoms. The Morgan fingerprint density at radius 1 is 1.15 bits per heavy atom. The second-order valence-corrected chi connectivity index (χ2v) is 8.85. The molecular formula is C26H34N2O6. The van der Waals surface area contributed by atoms with Gasteiger partial charge in [0.25, 0.3) is 0 Å². The largest absolute Gasteiger partial charge is 0.468 e. The summed E-state index contributed by atoms with van der Waals surface area (Å²) in [4.78, 5) is 41.4. The van der Waals surface area contributed by atoms with Gasteiger partial charge in [0.1, 0.15) is 12.5 Å². The number of rotatable bonds is 8. The van der Waals surface area contributed by atoms with Crippen molar-refractivity contribution < 1.29 is 28.6 Å². The number of nitrogens with one attached hydrogen (secondary N) is 1. The molecule has 0 radical (unpaired) electrons. The van der Waals surface area contributed by atoms with Gasteiger partial charge in [-0.3, -0.25) is 9.59 Å². The van der Waals surface area contributed by atoms with Crippen molar-refractivity contribution in [3.8, 4) is 0 Å². The maximum Gasteiger partial charge on any atom is 0.336 e. The van der Waals surface area contributed by atoms with Crippen LogP contribution in [0.25, 0.3) is 0 Å². The zero-order valence-electron chi connectivity index (χ0n) is 20.8. The van der Waals surface area contributed by atoms with E-state index in [1.54, 1.807) is 0 Å². The van der Waals surface area contributed by atoms with E-state index in [4.69, 9.17) is 14.2 Å². The molecule has 0 spiro atoms. The number of nitrogens with zero attached hydrogens (tertiary/aromatic N) is 1. The second kappa shape index (κ2) is 10.9. The van der Waals surface area contributed by atoms with Crippen molar-refractivity contribution in [2.75, 3.05) is 45.9 Å². The number of Topliss-reactive ketones (excluding diaryl/α,β-unsaturated/α-hetero) is 1. The van der Waals surface area contributed by atoms with Crippen LogP contribution in [-0.4, -0.2) is 58.7 Å². The number of methoxy groups -OCH3 is 1. The summed E-state index contributed by atoms with van der Waals surface area (Å²) >= 11 is 0. The van der Waals surface area contributed by atoms with E-state index in [-0.39, 0.29) is 18.3 Å². The van der Waals surface area contributed by atoms with Crippen LogP contribution in [-0.2, 0) is 28.6 Å². The van der Waals surface area contributed by atoms with Gasteiger partial charge in [-0.05, 0) is 43.9 Å². The molecule has 1 aliphatic carbocycles. The quantitative estimate of drug-likeness (QED) is 0.352. The number of ether oxygens (including phenoxy) is 3. The van der Waals surface area contributed by atoms with Crippen LogP contribution in [0.5, 0.6) is 0 Å². The summed E-state index contributed by atoms with van der Waals surface area (Å²) in [6.07, 6.45) is 0.497. The number of hydrogen-bond donors (Lipinski definition) is 1. The van der Waals surface area contributed by atoms with Crippen LogP contribution in [0.4, 0.5) is 5.69 Å². The minimum atomic E-state index is -0.914. The minimum Gasteiger partial charge on any atom is -0.468 e. The number of anilines is 1. The van der Waals surface area contributed by atoms with Crippen molar-refractivity contribution in [2.24, 2.45) is 11.8 Å². The average Bonchev–Trinajstić information content (AvgIpc) is 2.80. The average molecular weight is 471 g/mol. The van der Waals surface area contributed by atoms with Gasteiger partial charge in [-0.1, -0.05) is 19.1 Å². The van der Waals surface area contributed by atoms with Gasteiger partial charge in [0, 0.05) is 49.3 Å². The number of allylic oxidation sites excluding steroid dienone is 3. The molecule has 2 aliphatic rings. The summed E-state index contributed by atoms with van der Waals surface area (Å²) in [6, 6.07) is 7.71. The lowest BCUT2D eigenvalue weighted by Gasteiger charge is -2.38. The van der Waals surface area contributed by atoms with E-state index in [2.05, 4.69) is 5.32 Å². The second-order valence-electron chi connectivity index (χ2n) is 8.85. The lowest BCUT2D eigenvalue weighted by Crippen LogP contribution is -2.43. The lowest BCUT2D eigenvalue weighted by molar-refractivity contribution is -0.151. The highest BCUT2D eigenvalue weighted by atomic mass is 16.6. The summed E-state index contributed by atoms with van der Waals surface area (Å²) in [5.41, 5.74) is 3.93. The van der Waals surface area contributed by atoms with Gasteiger partial charge in [0.2, 0.25) is 0 Å². The standard InChI is InChI=1S/C26H34N2O6/c1-7-33-12-13-34-26(31)21-16(3)27-19-14-15(2)20(25(30)32-6)24(29)23(19)22(21)17-8-10-18(11-9-17)28(4)5/h8-11,15,20,22,27H,7,12-14H2,1-6H3/t15-,20+,22+/m0/s1. The fourth-order valence-corrected chi connectivity index (χ4v) is 4.66. The highest BCUT2D eigenvalue weighted by Crippen LogP contribution is 2.45. The molecule has 184 valence electrons. The van der Waals surface area contributed by atoms with Gasteiger partial charge in [-0.2, -0.15) is 0 Å². The van der Waals surface area contributed by atoms with Gasteiger partial charge in [-0.15, -0.1) is 0 Å². The Labute approximate surface area is 200 Å². The smallest absolute Gasteiger partial charge is 0.336 e. The number of benzene rings is 1. The van der Waals surface area contributed by atoms with Crippen LogP contribution in [0, 0.1) is 11.8 Å². The Balaban J connectivity index is 2.08. The number of dihydropyridines is 1. The number of hydrogen-bond acceptors (Lipinski definition) is 8. The van der Waals surface area contributed by atoms with Crippen molar-refractivity contribution >= 4 is 23.4 Å². The molecule has 1 N–H and O–H groups in total. The summed E-state index contributed by atoms with van der Waals surface area (Å²) in [5.74, 6) is -3.18. The van der Waals surface area contributed by atoms with Crippen molar-refractivity contribution in [1.29, 1.82) is 0 Å². The molecule has 34 heavy (non-hydrogen) atoms. The van der Waals surface area contributed by atoms with Crippen molar-refractivity contribution in [2.45, 2.75) is 33.1 Å². The first-order valence-corrected chi connectivity index (χ1v) is 11.6. The summed E-state index contributed by atoms with van der Waals surface area (Å²) in [5, 5.41) is 3.26. The molecule has 3 rings (SSSR count). The first kappa shape index (κ1) is 25.5. The molecule has 0 saturated carbocycles. The number of carbonyl (C=O) groups excluding carboxylic acids is 3. The Hall–Kier alpha value is -3.13. The third-order valence-electron chi connectivity index (χ3n) is 6.37. The Morgan fingerprint density at radius 3 is 2.41 bits per heavy atom. The lowest BCUT2D eigenvalue weighted by atomic mass is 9.69. The molecule has 1 aromatic carbocycles. The van der Waals surface area contributed by atoms with Crippen LogP contribution >= 0.6 is 0 Å². The van der Waals surface area contributed by atoms with E-state index >= 15 is 0 Å². The monoisotopic (exact) mass is 470 g/mol. The number of carbonyl (C=O) groups is 3. The molecule has 0 aromatic heterocycles. The highest BCUT2D eigenvalue weighted by Gasteiger charge is 2.47. The topological polar surface area (TPSA) is 94.2 Å². The fraction of sp³-hybridized carbons (Fsp3) is 0.500. The van der Waals surface area contributed by atoms with E-state index < -0.39 is 23.8 Å². The highest BCUT2D eigenvalue weighted by molar-refractivity contribution is 6.12. The molecule has 0 bridgehead atoms. The zero-order chi connectivity index (χ0) is 25.0. The molecule has 1 aromatic rings. The predicted molar refractivity (Wildman–Crippen MR) is 128 cm³/mol. The van der Waals surface area contributed by atoms with E-state index in [0.717, 1.165) is 16.9 Å². The molecule has 0 unspecified atom stereocenters. The van der Waals surface area contributed by atoms with Gasteiger partial charge >= 0.3 is 11.9 Å². The van der Waals surface area contributed by atoms with E-state index in [1.165, 1.54) is 7.11 Å². The van der Waals surface area contributed by atoms with E-state index in [1.807, 2.05) is 64.0 Å². The third-order valence-corrected chi connectivity index (χ3v) is 6.37. The van der Waals surface area contributed by atoms with Gasteiger partial charge < -0.3 is 24.4 Å². The van der Waals surface area contributed by atoms with Crippen LogP contribution in [0.15, 0.2) is 46.8 Å². The van der Waals surface area contributed by atoms with Crippen LogP contribution in [0.1, 0.15) is 38.7 Å². The zero-order valence-corrected chi connectivity index (χ0v) is 20.8. The third kappa shape index (κ3) is 5.01. The fourth-order valence-electron chi connectivity index (χ4n) is 4.66. The van der Waals surface area contributed by atoms with Crippen LogP contribution in [0.3, 0.4) is 0 Å². The molecule has 0 amide bonds. The number of esters is 2. The minimum absolute atomic E-state index is 0.109. The van der Waals surface area contributed by atoms with E-state index in [0.29, 0.717) is 36.5 Å². The number of ketones is 1. The normalized spacial score (nSPS) is 22.2. The molecule has 1 aliphatic heterocycles. The SMILES string of the molecule is CCOCCOC(=O)C1=C(C)NC2=C(C(=O)[C@H](C(=O)OC)[C@@H](C)C2)[C@@H]1c1ccc(N(C)C)cc1. The summed E-state index contributed by atoms with van der Waals surface area (Å²) in [6.45, 7) is 6.47. The summed E-state index contributed by atoms with van der Waals surface area (Å²) < 4.78 is 15.7. The maximum atomic E-state index is 13.7. The van der Waals surface area contributed by atoms with Gasteiger partial charge in [-0.25, -0.2) is 4.79 Å². The Morgan fingerprint density at radius 2 is 1.82 bits per heavy atom. The van der Waals surface area contributed by atoms with Crippen LogP contribution < -0.4 is 10.2 Å². The Bertz CT molecular complexity index is 1010. The van der Waals surface area contributed by atoms with Gasteiger partial charge in [0.05, 0.1) is 19.3 Å². The molecular weight excluding hydrogens is 436 g/mol. The van der Waals surface area contributed by atoms with Crippen molar-refractivity contribution in [1.82, 2.24) is 5.32 Å². The van der Waals surface area contributed by atoms with Crippen molar-refractivity contribution in [3.05, 3.63) is 52.4 Å². The maximum absolute atomic E-state index is 13.7. The summed E-state index contributed by atoms with van der Waals surface area (Å²) in [7, 11) is 5.17. The van der Waals surface area contributed by atoms with Gasteiger partial charge in [0.15, 0.2) is 5.78 Å². The molecule has 1 heterocycles.